The quantitative estimate of drug-likeness (QED) is 0.589. The molecule has 1 aromatic rings. The molecule has 0 bridgehead atoms. The molecule has 1 fully saturated rings. The molecule has 0 aliphatic carbocycles. The van der Waals surface area contributed by atoms with Crippen LogP contribution in [0.15, 0.2) is 36.9 Å². The van der Waals surface area contributed by atoms with Gasteiger partial charge in [0.1, 0.15) is 11.9 Å². The van der Waals surface area contributed by atoms with Crippen LogP contribution in [0.25, 0.3) is 0 Å². The highest BCUT2D eigenvalue weighted by Gasteiger charge is 2.44. The summed E-state index contributed by atoms with van der Waals surface area (Å²) >= 11 is 0. The summed E-state index contributed by atoms with van der Waals surface area (Å²) in [6.45, 7) is 6.19. The highest BCUT2D eigenvalue weighted by atomic mass is 16.7. The third-order valence-electron chi connectivity index (χ3n) is 4.18. The third kappa shape index (κ3) is 3.88. The SMILES string of the molecule is C=C[C@@H]1OC(c2ccc(OC)cc2)O[C@]1(C)CCCCCO. The fraction of sp³-hybridized carbons (Fsp3) is 0.556. The van der Waals surface area contributed by atoms with Crippen LogP contribution in [0.2, 0.25) is 0 Å². The second-order valence-electron chi connectivity index (χ2n) is 5.86. The fourth-order valence-electron chi connectivity index (χ4n) is 2.79. The van der Waals surface area contributed by atoms with Crippen molar-refractivity contribution >= 4 is 0 Å². The van der Waals surface area contributed by atoms with Gasteiger partial charge in [-0.2, -0.15) is 0 Å². The zero-order valence-electron chi connectivity index (χ0n) is 13.5. The summed E-state index contributed by atoms with van der Waals surface area (Å²) in [5, 5.41) is 8.87. The number of ether oxygens (including phenoxy) is 3. The van der Waals surface area contributed by atoms with E-state index >= 15 is 0 Å². The molecular formula is C18H26O4. The molecule has 1 unspecified atom stereocenters. The van der Waals surface area contributed by atoms with Gasteiger partial charge in [0.15, 0.2) is 6.29 Å². The van der Waals surface area contributed by atoms with Crippen LogP contribution in [0.3, 0.4) is 0 Å². The molecule has 4 heteroatoms. The Labute approximate surface area is 132 Å². The predicted molar refractivity (Wildman–Crippen MR) is 85.8 cm³/mol. The van der Waals surface area contributed by atoms with E-state index in [1.807, 2.05) is 30.3 Å². The zero-order valence-corrected chi connectivity index (χ0v) is 13.5. The Kier molecular flexibility index (Phi) is 6.00. The summed E-state index contributed by atoms with van der Waals surface area (Å²) in [6, 6.07) is 7.73. The number of methoxy groups -OCH3 is 1. The lowest BCUT2D eigenvalue weighted by Gasteiger charge is -2.26. The number of aliphatic hydroxyl groups excluding tert-OH is 1. The topological polar surface area (TPSA) is 47.9 Å². The highest BCUT2D eigenvalue weighted by Crippen LogP contribution is 2.41. The maximum atomic E-state index is 8.87. The van der Waals surface area contributed by atoms with Crippen molar-refractivity contribution < 1.29 is 19.3 Å². The van der Waals surface area contributed by atoms with Crippen molar-refractivity contribution in [3.05, 3.63) is 42.5 Å². The summed E-state index contributed by atoms with van der Waals surface area (Å²) in [4.78, 5) is 0. The number of hydrogen-bond donors (Lipinski definition) is 1. The van der Waals surface area contributed by atoms with Gasteiger partial charge in [0.2, 0.25) is 0 Å². The second-order valence-corrected chi connectivity index (χ2v) is 5.86. The lowest BCUT2D eigenvalue weighted by Crippen LogP contribution is -2.35. The van der Waals surface area contributed by atoms with Gasteiger partial charge in [-0.15, -0.1) is 6.58 Å². The monoisotopic (exact) mass is 306 g/mol. The first-order valence-electron chi connectivity index (χ1n) is 7.83. The lowest BCUT2D eigenvalue weighted by molar-refractivity contribution is -0.0899. The Balaban J connectivity index is 2.02. The van der Waals surface area contributed by atoms with E-state index in [4.69, 9.17) is 19.3 Å². The average Bonchev–Trinajstić information content (AvgIpc) is 2.89. The van der Waals surface area contributed by atoms with Crippen LogP contribution in [0, 0.1) is 0 Å². The molecule has 0 aromatic heterocycles. The van der Waals surface area contributed by atoms with Crippen molar-refractivity contribution in [2.24, 2.45) is 0 Å². The van der Waals surface area contributed by atoms with Gasteiger partial charge in [-0.05, 0) is 31.9 Å². The number of rotatable bonds is 8. The summed E-state index contributed by atoms with van der Waals surface area (Å²) in [5.41, 5.74) is 0.605. The normalized spacial score (nSPS) is 27.8. The molecule has 1 N–H and O–H groups in total. The number of unbranched alkanes of at least 4 members (excludes halogenated alkanes) is 2. The van der Waals surface area contributed by atoms with Gasteiger partial charge < -0.3 is 19.3 Å². The van der Waals surface area contributed by atoms with E-state index in [0.717, 1.165) is 37.0 Å². The molecule has 0 radical (unpaired) electrons. The molecule has 0 amide bonds. The average molecular weight is 306 g/mol. The minimum absolute atomic E-state index is 0.131. The zero-order chi connectivity index (χ0) is 16.0. The molecule has 1 aliphatic heterocycles. The third-order valence-corrected chi connectivity index (χ3v) is 4.18. The van der Waals surface area contributed by atoms with E-state index in [1.165, 1.54) is 0 Å². The van der Waals surface area contributed by atoms with Crippen LogP contribution in [-0.2, 0) is 9.47 Å². The van der Waals surface area contributed by atoms with Crippen LogP contribution in [0.4, 0.5) is 0 Å². The molecule has 4 nitrogen and oxygen atoms in total. The van der Waals surface area contributed by atoms with E-state index in [0.29, 0.717) is 0 Å². The number of hydrogen-bond acceptors (Lipinski definition) is 4. The maximum Gasteiger partial charge on any atom is 0.185 e. The smallest absolute Gasteiger partial charge is 0.185 e. The first-order chi connectivity index (χ1) is 10.6. The van der Waals surface area contributed by atoms with E-state index in [1.54, 1.807) is 7.11 Å². The Hall–Kier alpha value is -1.36. The van der Waals surface area contributed by atoms with Crippen LogP contribution >= 0.6 is 0 Å². The molecule has 122 valence electrons. The van der Waals surface area contributed by atoms with Crippen molar-refractivity contribution in [2.75, 3.05) is 13.7 Å². The minimum atomic E-state index is -0.378. The van der Waals surface area contributed by atoms with Crippen LogP contribution in [0.1, 0.15) is 44.5 Å². The van der Waals surface area contributed by atoms with Crippen LogP contribution in [-0.4, -0.2) is 30.5 Å². The maximum absolute atomic E-state index is 8.87. The van der Waals surface area contributed by atoms with Crippen LogP contribution in [0.5, 0.6) is 5.75 Å². The summed E-state index contributed by atoms with van der Waals surface area (Å²) < 4.78 is 17.4. The summed E-state index contributed by atoms with van der Waals surface area (Å²) in [6.07, 6.45) is 5.02. The standard InChI is InChI=1S/C18H26O4/c1-4-16-18(2,12-6-5-7-13-19)22-17(21-16)14-8-10-15(20-3)11-9-14/h4,8-11,16-17,19H,1,5-7,12-13H2,2-3H3/t16-,17?,18+/m0/s1. The number of benzene rings is 1. The van der Waals surface area contributed by atoms with Gasteiger partial charge in [0.05, 0.1) is 12.7 Å². The first kappa shape index (κ1) is 17.0. The molecule has 1 aliphatic rings. The van der Waals surface area contributed by atoms with Gasteiger partial charge in [-0.3, -0.25) is 0 Å². The summed E-state index contributed by atoms with van der Waals surface area (Å²) in [5.74, 6) is 0.814. The van der Waals surface area contributed by atoms with Gasteiger partial charge in [0, 0.05) is 12.2 Å². The minimum Gasteiger partial charge on any atom is -0.497 e. The Morgan fingerprint density at radius 3 is 2.59 bits per heavy atom. The Bertz CT molecular complexity index is 470. The van der Waals surface area contributed by atoms with E-state index in [2.05, 4.69) is 13.5 Å². The first-order valence-corrected chi connectivity index (χ1v) is 7.83. The van der Waals surface area contributed by atoms with E-state index in [-0.39, 0.29) is 24.6 Å². The molecular weight excluding hydrogens is 280 g/mol. The van der Waals surface area contributed by atoms with Gasteiger partial charge in [-0.25, -0.2) is 0 Å². The van der Waals surface area contributed by atoms with E-state index in [9.17, 15) is 0 Å². The molecule has 1 saturated heterocycles. The Morgan fingerprint density at radius 2 is 2.00 bits per heavy atom. The largest absolute Gasteiger partial charge is 0.497 e. The fourth-order valence-corrected chi connectivity index (χ4v) is 2.79. The Morgan fingerprint density at radius 1 is 1.27 bits per heavy atom. The van der Waals surface area contributed by atoms with Gasteiger partial charge in [0.25, 0.3) is 0 Å². The molecule has 2 rings (SSSR count). The summed E-state index contributed by atoms with van der Waals surface area (Å²) in [7, 11) is 1.65. The van der Waals surface area contributed by atoms with E-state index < -0.39 is 0 Å². The van der Waals surface area contributed by atoms with Crippen molar-refractivity contribution in [1.82, 2.24) is 0 Å². The molecule has 0 saturated carbocycles. The van der Waals surface area contributed by atoms with Crippen molar-refractivity contribution in [1.29, 1.82) is 0 Å². The lowest BCUT2D eigenvalue weighted by atomic mass is 9.92. The molecule has 0 spiro atoms. The van der Waals surface area contributed by atoms with Crippen molar-refractivity contribution in [2.45, 2.75) is 50.6 Å². The van der Waals surface area contributed by atoms with Gasteiger partial charge >= 0.3 is 0 Å². The van der Waals surface area contributed by atoms with Crippen LogP contribution < -0.4 is 4.74 Å². The predicted octanol–water partition coefficient (Wildman–Crippen LogP) is 3.61. The molecule has 1 aromatic carbocycles. The second kappa shape index (κ2) is 7.77. The highest BCUT2D eigenvalue weighted by molar-refractivity contribution is 5.28. The number of aliphatic hydroxyl groups is 1. The van der Waals surface area contributed by atoms with Gasteiger partial charge in [-0.1, -0.05) is 31.1 Å². The molecule has 3 atom stereocenters. The molecule has 1 heterocycles. The molecule has 22 heavy (non-hydrogen) atoms. The van der Waals surface area contributed by atoms with Crippen molar-refractivity contribution in [3.8, 4) is 5.75 Å². The van der Waals surface area contributed by atoms with Crippen molar-refractivity contribution in [3.63, 3.8) is 0 Å².